The van der Waals surface area contributed by atoms with E-state index in [9.17, 15) is 14.7 Å². The van der Waals surface area contributed by atoms with E-state index in [1.165, 1.54) is 23.3 Å². The Balaban J connectivity index is 1.59. The number of aliphatic hydroxyl groups is 1. The Hall–Kier alpha value is -4.05. The summed E-state index contributed by atoms with van der Waals surface area (Å²) in [6, 6.07) is 9.22. The van der Waals surface area contributed by atoms with E-state index in [1.807, 2.05) is 0 Å². The van der Waals surface area contributed by atoms with Crippen LogP contribution in [0.2, 0.25) is 0 Å². The highest BCUT2D eigenvalue weighted by atomic mass is 32.1. The zero-order valence-corrected chi connectivity index (χ0v) is 22.0. The molecular weight excluding hydrogens is 508 g/mol. The summed E-state index contributed by atoms with van der Waals surface area (Å²) >= 11 is 1.23. The average Bonchev–Trinajstić information content (AvgIpc) is 3.57. The minimum Gasteiger partial charge on any atom is -0.507 e. The molecule has 0 bridgehead atoms. The molecule has 1 amide bonds. The number of thiazole rings is 1. The molecule has 3 heterocycles. The number of aliphatic hydroxyl groups excluding tert-OH is 1. The van der Waals surface area contributed by atoms with Gasteiger partial charge in [-0.2, -0.15) is 0 Å². The Bertz CT molecular complexity index is 1370. The number of anilines is 1. The van der Waals surface area contributed by atoms with Crippen LogP contribution in [0.1, 0.15) is 43.4 Å². The lowest BCUT2D eigenvalue weighted by molar-refractivity contribution is -0.132. The number of nitrogens with zero attached hydrogens (tertiary/aromatic N) is 2. The van der Waals surface area contributed by atoms with E-state index in [4.69, 9.17) is 18.9 Å². The van der Waals surface area contributed by atoms with Crippen molar-refractivity contribution in [2.24, 2.45) is 0 Å². The first-order chi connectivity index (χ1) is 18.5. The van der Waals surface area contributed by atoms with E-state index in [2.05, 4.69) is 11.9 Å². The largest absolute Gasteiger partial charge is 0.507 e. The lowest BCUT2D eigenvalue weighted by Gasteiger charge is -2.24. The predicted molar refractivity (Wildman–Crippen MR) is 142 cm³/mol. The highest BCUT2D eigenvalue weighted by Gasteiger charge is 2.48. The molecule has 0 radical (unpaired) electrons. The molecule has 1 N–H and O–H groups in total. The second-order valence-electron chi connectivity index (χ2n) is 8.81. The Morgan fingerprint density at radius 1 is 1.11 bits per heavy atom. The van der Waals surface area contributed by atoms with Crippen LogP contribution in [0.15, 0.2) is 53.5 Å². The number of benzene rings is 2. The Labute approximate surface area is 224 Å². The van der Waals surface area contributed by atoms with E-state index < -0.39 is 17.7 Å². The maximum atomic E-state index is 13.4. The number of rotatable bonds is 9. The summed E-state index contributed by atoms with van der Waals surface area (Å²) in [6.07, 6.45) is 4.62. The van der Waals surface area contributed by atoms with Gasteiger partial charge in [-0.25, -0.2) is 4.98 Å². The van der Waals surface area contributed by atoms with Crippen molar-refractivity contribution in [3.63, 3.8) is 0 Å². The summed E-state index contributed by atoms with van der Waals surface area (Å²) in [5.74, 6) is 0.125. The van der Waals surface area contributed by atoms with Crippen molar-refractivity contribution >= 4 is 33.9 Å². The first kappa shape index (κ1) is 25.6. The van der Waals surface area contributed by atoms with E-state index in [0.717, 1.165) is 19.3 Å². The number of hydrogen-bond acceptors (Lipinski definition) is 9. The number of ether oxygens (including phenoxy) is 4. The lowest BCUT2D eigenvalue weighted by Crippen LogP contribution is -2.29. The first-order valence-corrected chi connectivity index (χ1v) is 13.3. The zero-order valence-electron chi connectivity index (χ0n) is 21.1. The van der Waals surface area contributed by atoms with Gasteiger partial charge in [0.2, 0.25) is 0 Å². The smallest absolute Gasteiger partial charge is 0.301 e. The number of methoxy groups -OCH3 is 1. The number of fused-ring (bicyclic) bond motifs is 1. The normalized spacial score (nSPS) is 18.1. The molecule has 1 atom stereocenters. The molecule has 10 heteroatoms. The van der Waals surface area contributed by atoms with Gasteiger partial charge in [0.05, 0.1) is 25.3 Å². The monoisotopic (exact) mass is 536 g/mol. The van der Waals surface area contributed by atoms with Crippen LogP contribution in [0.4, 0.5) is 5.13 Å². The Kier molecular flexibility index (Phi) is 7.50. The predicted octanol–water partition coefficient (Wildman–Crippen LogP) is 5.12. The maximum Gasteiger partial charge on any atom is 0.301 e. The third-order valence-electron chi connectivity index (χ3n) is 6.39. The SMILES string of the molecule is CCCCCOc1ccc(C2/C(=C(\O)c3ccc4c(c3)OCCO4)C(=O)C(=O)N2c2nccs2)cc1OC. The first-order valence-electron chi connectivity index (χ1n) is 12.4. The van der Waals surface area contributed by atoms with Crippen LogP contribution >= 0.6 is 11.3 Å². The van der Waals surface area contributed by atoms with Crippen molar-refractivity contribution in [2.75, 3.05) is 31.8 Å². The van der Waals surface area contributed by atoms with Gasteiger partial charge in [-0.1, -0.05) is 25.8 Å². The number of unbranched alkanes of at least 4 members (excludes halogenated alkanes) is 2. The molecule has 0 spiro atoms. The van der Waals surface area contributed by atoms with Gasteiger partial charge in [0.15, 0.2) is 28.1 Å². The molecule has 3 aromatic rings. The molecule has 5 rings (SSSR count). The fraction of sp³-hybridized carbons (Fsp3) is 0.321. The third-order valence-corrected chi connectivity index (χ3v) is 7.17. The number of aromatic nitrogens is 1. The number of carbonyl (C=O) groups excluding carboxylic acids is 2. The van der Waals surface area contributed by atoms with Crippen molar-refractivity contribution < 1.29 is 33.6 Å². The number of amides is 1. The van der Waals surface area contributed by atoms with Crippen LogP contribution < -0.4 is 23.8 Å². The van der Waals surface area contributed by atoms with Crippen LogP contribution in [-0.2, 0) is 9.59 Å². The molecule has 1 aromatic heterocycles. The minimum absolute atomic E-state index is 0.0551. The van der Waals surface area contributed by atoms with Crippen LogP contribution in [-0.4, -0.2) is 48.7 Å². The van der Waals surface area contributed by atoms with Crippen LogP contribution in [0, 0.1) is 0 Å². The van der Waals surface area contributed by atoms with Gasteiger partial charge < -0.3 is 24.1 Å². The molecule has 2 aliphatic heterocycles. The van der Waals surface area contributed by atoms with Crippen molar-refractivity contribution in [2.45, 2.75) is 32.2 Å². The molecule has 1 fully saturated rings. The topological polar surface area (TPSA) is 107 Å². The minimum atomic E-state index is -0.933. The van der Waals surface area contributed by atoms with Gasteiger partial charge in [-0.15, -0.1) is 11.3 Å². The van der Waals surface area contributed by atoms with E-state index >= 15 is 0 Å². The van der Waals surface area contributed by atoms with Gasteiger partial charge in [-0.05, 0) is 42.3 Å². The average molecular weight is 537 g/mol. The molecule has 0 saturated carbocycles. The third kappa shape index (κ3) is 4.79. The molecular formula is C28H28N2O7S. The second-order valence-corrected chi connectivity index (χ2v) is 9.68. The van der Waals surface area contributed by atoms with E-state index in [-0.39, 0.29) is 11.3 Å². The van der Waals surface area contributed by atoms with Gasteiger partial charge in [0.1, 0.15) is 19.0 Å². The van der Waals surface area contributed by atoms with E-state index in [0.29, 0.717) is 59.1 Å². The van der Waals surface area contributed by atoms with Crippen molar-refractivity contribution in [3.05, 3.63) is 64.7 Å². The Morgan fingerprint density at radius 2 is 1.92 bits per heavy atom. The molecule has 198 valence electrons. The Morgan fingerprint density at radius 3 is 2.66 bits per heavy atom. The lowest BCUT2D eigenvalue weighted by atomic mass is 9.95. The van der Waals surface area contributed by atoms with Gasteiger partial charge in [0, 0.05) is 17.1 Å². The fourth-order valence-electron chi connectivity index (χ4n) is 4.53. The van der Waals surface area contributed by atoms with Crippen LogP contribution in [0.3, 0.4) is 0 Å². The highest BCUT2D eigenvalue weighted by Crippen LogP contribution is 2.45. The fourth-order valence-corrected chi connectivity index (χ4v) is 5.20. The standard InChI is InChI=1S/C28H28N2O7S/c1-3-4-5-11-35-19-8-6-17(15-21(19)34-2)24-23(26(32)27(33)30(24)28-29-10-14-38-28)25(31)18-7-9-20-22(16-18)37-13-12-36-20/h6-10,14-16,24,31H,3-5,11-13H2,1-2H3/b25-23+. The van der Waals surface area contributed by atoms with Crippen molar-refractivity contribution in [1.29, 1.82) is 0 Å². The molecule has 1 saturated heterocycles. The second kappa shape index (κ2) is 11.1. The summed E-state index contributed by atoms with van der Waals surface area (Å²) in [5.41, 5.74) is 0.844. The van der Waals surface area contributed by atoms with Crippen molar-refractivity contribution in [3.8, 4) is 23.0 Å². The summed E-state index contributed by atoms with van der Waals surface area (Å²) in [7, 11) is 1.53. The summed E-state index contributed by atoms with van der Waals surface area (Å²) < 4.78 is 22.7. The van der Waals surface area contributed by atoms with Crippen LogP contribution in [0.25, 0.3) is 5.76 Å². The number of hydrogen-bond donors (Lipinski definition) is 1. The number of ketones is 1. The number of carbonyl (C=O) groups is 2. The van der Waals surface area contributed by atoms with Crippen LogP contribution in [0.5, 0.6) is 23.0 Å². The number of Topliss-reactive ketones (excluding diaryl/α,β-unsaturated/α-hetero) is 1. The molecule has 0 aliphatic carbocycles. The quantitative estimate of drug-likeness (QED) is 0.174. The summed E-state index contributed by atoms with van der Waals surface area (Å²) in [4.78, 5) is 32.3. The molecule has 2 aromatic carbocycles. The highest BCUT2D eigenvalue weighted by molar-refractivity contribution is 7.14. The van der Waals surface area contributed by atoms with E-state index in [1.54, 1.807) is 48.0 Å². The maximum absolute atomic E-state index is 13.4. The molecule has 2 aliphatic rings. The van der Waals surface area contributed by atoms with Crippen molar-refractivity contribution in [1.82, 2.24) is 4.98 Å². The summed E-state index contributed by atoms with van der Waals surface area (Å²) in [5, 5.41) is 13.5. The molecule has 1 unspecified atom stereocenters. The summed E-state index contributed by atoms with van der Waals surface area (Å²) in [6.45, 7) is 3.47. The van der Waals surface area contributed by atoms with Gasteiger partial charge >= 0.3 is 5.91 Å². The van der Waals surface area contributed by atoms with Gasteiger partial charge in [0.25, 0.3) is 5.78 Å². The molecule has 9 nitrogen and oxygen atoms in total. The van der Waals surface area contributed by atoms with Gasteiger partial charge in [-0.3, -0.25) is 14.5 Å². The molecule has 38 heavy (non-hydrogen) atoms. The zero-order chi connectivity index (χ0) is 26.6.